The summed E-state index contributed by atoms with van der Waals surface area (Å²) in [5.74, 6) is 0.447. The molecule has 0 amide bonds. The number of hydrogen-bond acceptors (Lipinski definition) is 13. The number of ether oxygens (including phenoxy) is 4. The molecule has 0 aliphatic carbocycles. The summed E-state index contributed by atoms with van der Waals surface area (Å²) in [7, 11) is 6.07. The van der Waals surface area contributed by atoms with Crippen molar-refractivity contribution in [3.8, 4) is 5.75 Å². The van der Waals surface area contributed by atoms with Gasteiger partial charge in [0.1, 0.15) is 30.9 Å². The van der Waals surface area contributed by atoms with Crippen LogP contribution >= 0.6 is 19.6 Å². The van der Waals surface area contributed by atoms with Gasteiger partial charge in [0, 0.05) is 18.9 Å². The molecular weight excluding hydrogens is 524 g/mol. The lowest BCUT2D eigenvalue weighted by atomic mass is 10.1. The molecule has 2 N–H and O–H groups in total. The highest BCUT2D eigenvalue weighted by Crippen LogP contribution is 2.63. The molecule has 0 bridgehead atoms. The Kier molecular flexibility index (Phi) is 7.54. The molecule has 2 aromatic heterocycles. The van der Waals surface area contributed by atoms with Gasteiger partial charge >= 0.3 is 21.4 Å². The van der Waals surface area contributed by atoms with Crippen molar-refractivity contribution < 1.29 is 37.3 Å². The Bertz CT molecular complexity index is 1290. The molecule has 16 heteroatoms. The van der Waals surface area contributed by atoms with Crippen LogP contribution in [0.2, 0.25) is 0 Å². The number of aromatic nitrogens is 4. The van der Waals surface area contributed by atoms with E-state index in [9.17, 15) is 4.79 Å². The first-order valence-electron chi connectivity index (χ1n) is 11.1. The highest BCUT2D eigenvalue weighted by atomic mass is 32.2. The van der Waals surface area contributed by atoms with Crippen LogP contribution in [0.15, 0.2) is 40.6 Å². The average molecular weight is 548 g/mol. The van der Waals surface area contributed by atoms with Crippen LogP contribution in [0.5, 0.6) is 5.75 Å². The first-order valence-corrected chi connectivity index (χ1v) is 13.5. The van der Waals surface area contributed by atoms with Gasteiger partial charge in [0.25, 0.3) is 0 Å². The number of benzene rings is 1. The zero-order valence-electron chi connectivity index (χ0n) is 20.2. The lowest BCUT2D eigenvalue weighted by molar-refractivity contribution is -0.149. The van der Waals surface area contributed by atoms with Crippen molar-refractivity contribution in [2.24, 2.45) is 0 Å². The van der Waals surface area contributed by atoms with E-state index < -0.39 is 45.1 Å². The third kappa shape index (κ3) is 5.25. The molecule has 37 heavy (non-hydrogen) atoms. The molecule has 2 aliphatic rings. The van der Waals surface area contributed by atoms with E-state index in [1.165, 1.54) is 32.1 Å². The number of nitrogens with zero attached hydrogens (tertiary/aromatic N) is 4. The standard InChI is InChI=1S/C21H24BN5O8PS/c1-11(28)31-10-33-36(22)32-8-14-16(35-36)17(30-3)20(34-14)27-19-15(18(23)24-9-25-19)26-21(27)37-13-6-4-12(29-2)5-7-13/h4-7,9,14,16-17,20H,8,10H2,1-3H3,(H2,23,24,25)/q+1/t14-,16-,17-,20-,36?/m1/s1. The molecular formula is C21H24BN5O8PS+. The van der Waals surface area contributed by atoms with Crippen molar-refractivity contribution in [2.45, 2.75) is 41.5 Å². The van der Waals surface area contributed by atoms with Crippen LogP contribution in [0.25, 0.3) is 11.2 Å². The minimum Gasteiger partial charge on any atom is -0.497 e. The normalized spacial score (nSPS) is 27.2. The predicted molar refractivity (Wildman–Crippen MR) is 133 cm³/mol. The molecule has 194 valence electrons. The first kappa shape index (κ1) is 26.1. The molecule has 1 aromatic carbocycles. The van der Waals surface area contributed by atoms with Crippen molar-refractivity contribution in [2.75, 3.05) is 33.4 Å². The highest BCUT2D eigenvalue weighted by Gasteiger charge is 2.59. The third-order valence-electron chi connectivity index (χ3n) is 5.74. The van der Waals surface area contributed by atoms with Crippen LogP contribution in [0.1, 0.15) is 13.2 Å². The van der Waals surface area contributed by atoms with Crippen molar-refractivity contribution in [3.63, 3.8) is 0 Å². The number of nitrogens with two attached hydrogens (primary N) is 1. The minimum atomic E-state index is -3.30. The van der Waals surface area contributed by atoms with Gasteiger partial charge in [-0.3, -0.25) is 9.36 Å². The molecule has 0 saturated carbocycles. The summed E-state index contributed by atoms with van der Waals surface area (Å²) in [6, 6.07) is 7.53. The van der Waals surface area contributed by atoms with Gasteiger partial charge in [-0.25, -0.2) is 15.0 Å². The number of fused-ring (bicyclic) bond motifs is 2. The van der Waals surface area contributed by atoms with Crippen LogP contribution in [-0.2, 0) is 32.6 Å². The molecule has 5 rings (SSSR count). The zero-order valence-corrected chi connectivity index (χ0v) is 21.9. The number of esters is 1. The van der Waals surface area contributed by atoms with Crippen LogP contribution in [0.4, 0.5) is 5.82 Å². The summed E-state index contributed by atoms with van der Waals surface area (Å²) in [6.45, 7) is 0.938. The Balaban J connectivity index is 1.47. The van der Waals surface area contributed by atoms with Crippen molar-refractivity contribution in [3.05, 3.63) is 30.6 Å². The fraction of sp³-hybridized carbons (Fsp3) is 0.429. The Morgan fingerprint density at radius 3 is 2.78 bits per heavy atom. The maximum atomic E-state index is 11.1. The highest BCUT2D eigenvalue weighted by molar-refractivity contribution is 7.99. The summed E-state index contributed by atoms with van der Waals surface area (Å²) in [4.78, 5) is 25.2. The number of rotatable bonds is 8. The smallest absolute Gasteiger partial charge is 0.488 e. The van der Waals surface area contributed by atoms with Crippen molar-refractivity contribution >= 4 is 50.1 Å². The molecule has 3 aromatic rings. The van der Waals surface area contributed by atoms with E-state index >= 15 is 0 Å². The van der Waals surface area contributed by atoms with Crippen LogP contribution < -0.4 is 10.5 Å². The van der Waals surface area contributed by atoms with Crippen molar-refractivity contribution in [1.82, 2.24) is 19.5 Å². The number of carbonyl (C=O) groups excluding carboxylic acids is 1. The van der Waals surface area contributed by atoms with E-state index in [1.807, 2.05) is 24.3 Å². The number of methoxy groups -OCH3 is 2. The van der Waals surface area contributed by atoms with E-state index in [2.05, 4.69) is 9.97 Å². The molecule has 2 saturated heterocycles. The number of hydrogen-bond donors (Lipinski definition) is 1. The van der Waals surface area contributed by atoms with Gasteiger partial charge in [-0.15, -0.1) is 0 Å². The summed E-state index contributed by atoms with van der Waals surface area (Å²) < 4.78 is 41.2. The summed E-state index contributed by atoms with van der Waals surface area (Å²) in [5.41, 5.74) is 7.01. The number of carbonyl (C=O) groups is 1. The van der Waals surface area contributed by atoms with E-state index in [-0.39, 0.29) is 12.4 Å². The Morgan fingerprint density at radius 2 is 2.08 bits per heavy atom. The van der Waals surface area contributed by atoms with Crippen LogP contribution in [0, 0.1) is 0 Å². The lowest BCUT2D eigenvalue weighted by Gasteiger charge is -2.31. The predicted octanol–water partition coefficient (Wildman–Crippen LogP) is 2.28. The minimum absolute atomic E-state index is 0.0794. The molecule has 4 heterocycles. The first-order chi connectivity index (χ1) is 17.8. The number of anilines is 1. The van der Waals surface area contributed by atoms with Gasteiger partial charge in [0.15, 0.2) is 34.5 Å². The maximum absolute atomic E-state index is 11.1. The SMILES string of the molecule is [B][P+]1(OCOC(C)=O)OC[C@H]2O[C@@H](n3c(Sc4ccc(OC)cc4)nc4c(N)ncnc43)[C@H](OC)[C@@H]2O1. The summed E-state index contributed by atoms with van der Waals surface area (Å²) in [6.07, 6.45) is -1.17. The molecule has 13 nitrogen and oxygen atoms in total. The quantitative estimate of drug-likeness (QED) is 0.190. The summed E-state index contributed by atoms with van der Waals surface area (Å²) in [5, 5.41) is 0.555. The molecule has 2 aliphatic heterocycles. The maximum Gasteiger partial charge on any atom is 0.488 e. The fourth-order valence-electron chi connectivity index (χ4n) is 4.01. The lowest BCUT2D eigenvalue weighted by Crippen LogP contribution is -2.42. The molecule has 2 radical (unpaired) electrons. The zero-order chi connectivity index (χ0) is 26.2. The van der Waals surface area contributed by atoms with E-state index in [0.29, 0.717) is 16.3 Å². The van der Waals surface area contributed by atoms with E-state index in [0.717, 1.165) is 10.6 Å². The van der Waals surface area contributed by atoms with Crippen LogP contribution in [0.3, 0.4) is 0 Å². The molecule has 1 unspecified atom stereocenters. The van der Waals surface area contributed by atoms with Gasteiger partial charge in [0.2, 0.25) is 6.79 Å². The van der Waals surface area contributed by atoms with Gasteiger partial charge in [-0.2, -0.15) is 13.6 Å². The largest absolute Gasteiger partial charge is 0.497 e. The van der Waals surface area contributed by atoms with E-state index in [4.69, 9.17) is 50.8 Å². The van der Waals surface area contributed by atoms with Gasteiger partial charge in [-0.1, -0.05) is 11.8 Å². The topological polar surface area (TPSA) is 151 Å². The third-order valence-corrected chi connectivity index (χ3v) is 8.23. The monoisotopic (exact) mass is 548 g/mol. The second-order valence-corrected chi connectivity index (χ2v) is 10.9. The van der Waals surface area contributed by atoms with Gasteiger partial charge < -0.3 is 24.7 Å². The van der Waals surface area contributed by atoms with Gasteiger partial charge in [-0.05, 0) is 24.3 Å². The molecule has 5 atom stereocenters. The number of imidazole rings is 1. The Morgan fingerprint density at radius 1 is 1.30 bits per heavy atom. The second kappa shape index (κ2) is 10.7. The Labute approximate surface area is 218 Å². The Hall–Kier alpha value is -2.52. The van der Waals surface area contributed by atoms with E-state index in [1.54, 1.807) is 11.7 Å². The van der Waals surface area contributed by atoms with Gasteiger partial charge in [0.05, 0.1) is 7.11 Å². The second-order valence-electron chi connectivity index (χ2n) is 8.03. The van der Waals surface area contributed by atoms with Crippen LogP contribution in [-0.4, -0.2) is 79.0 Å². The average Bonchev–Trinajstić information content (AvgIpc) is 3.41. The molecule has 0 spiro atoms. The number of nitrogen functional groups attached to an aromatic ring is 1. The summed E-state index contributed by atoms with van der Waals surface area (Å²) >= 11 is 1.39. The van der Waals surface area contributed by atoms with Crippen molar-refractivity contribution in [1.29, 1.82) is 0 Å². The molecule has 2 fully saturated rings. The fourth-order valence-corrected chi connectivity index (χ4v) is 6.27.